The average molecular weight is 356 g/mol. The van der Waals surface area contributed by atoms with Gasteiger partial charge in [0, 0.05) is 17.8 Å². The Kier molecular flexibility index (Phi) is 3.92. The van der Waals surface area contributed by atoms with Gasteiger partial charge in [-0.25, -0.2) is 4.79 Å². The quantitative estimate of drug-likeness (QED) is 0.775. The third kappa shape index (κ3) is 3.18. The summed E-state index contributed by atoms with van der Waals surface area (Å²) in [7, 11) is 0. The fourth-order valence-corrected chi connectivity index (χ4v) is 2.47. The molecular weight excluding hydrogens is 347 g/mol. The number of rotatable bonds is 3. The van der Waals surface area contributed by atoms with Crippen LogP contribution in [0.5, 0.6) is 0 Å². The maximum atomic E-state index is 12.9. The summed E-state index contributed by atoms with van der Waals surface area (Å²) in [5, 5.41) is 13.4. The Morgan fingerprint density at radius 2 is 2.04 bits per heavy atom. The lowest BCUT2D eigenvalue weighted by molar-refractivity contribution is -0.142. The van der Waals surface area contributed by atoms with Gasteiger partial charge in [0.05, 0.1) is 17.1 Å². The Balaban J connectivity index is 1.98. The molecule has 0 saturated carbocycles. The molecule has 0 saturated heterocycles. The molecule has 1 N–H and O–H groups in total. The molecule has 0 aliphatic heterocycles. The van der Waals surface area contributed by atoms with Crippen LogP contribution in [-0.4, -0.2) is 25.8 Å². The number of hydrogen-bond acceptors (Lipinski definition) is 3. The first-order valence-corrected chi connectivity index (χ1v) is 7.04. The van der Waals surface area contributed by atoms with Crippen LogP contribution in [-0.2, 0) is 12.7 Å². The van der Waals surface area contributed by atoms with E-state index in [1.54, 1.807) is 24.3 Å². The Labute approximate surface area is 138 Å². The molecule has 0 aliphatic rings. The van der Waals surface area contributed by atoms with Crippen molar-refractivity contribution in [2.45, 2.75) is 12.7 Å². The van der Waals surface area contributed by atoms with Gasteiger partial charge in [-0.2, -0.15) is 18.3 Å². The van der Waals surface area contributed by atoms with E-state index in [0.29, 0.717) is 16.1 Å². The molecule has 0 unspecified atom stereocenters. The molecule has 9 heteroatoms. The van der Waals surface area contributed by atoms with Crippen molar-refractivity contribution < 1.29 is 23.1 Å². The lowest BCUT2D eigenvalue weighted by Crippen LogP contribution is -2.12. The maximum Gasteiger partial charge on any atom is 0.436 e. The number of alkyl halides is 3. The highest BCUT2D eigenvalue weighted by atomic mass is 35.5. The van der Waals surface area contributed by atoms with Crippen LogP contribution in [0.3, 0.4) is 0 Å². The van der Waals surface area contributed by atoms with Gasteiger partial charge < -0.3 is 5.11 Å². The molecular formula is C15H9ClF3N3O2. The molecule has 3 aromatic rings. The average Bonchev–Trinajstić information content (AvgIpc) is 2.91. The molecule has 0 bridgehead atoms. The van der Waals surface area contributed by atoms with E-state index in [2.05, 4.69) is 10.1 Å². The molecule has 5 nitrogen and oxygen atoms in total. The highest BCUT2D eigenvalue weighted by molar-refractivity contribution is 6.31. The first-order chi connectivity index (χ1) is 11.2. The van der Waals surface area contributed by atoms with Crippen LogP contribution in [0, 0.1) is 0 Å². The summed E-state index contributed by atoms with van der Waals surface area (Å²) >= 11 is 5.87. The van der Waals surface area contributed by atoms with E-state index < -0.39 is 23.4 Å². The van der Waals surface area contributed by atoms with E-state index in [4.69, 9.17) is 16.7 Å². The largest absolute Gasteiger partial charge is 0.478 e. The zero-order chi connectivity index (χ0) is 17.5. The first kappa shape index (κ1) is 16.3. The number of aromatic nitrogens is 3. The van der Waals surface area contributed by atoms with Gasteiger partial charge in [-0.15, -0.1) is 0 Å². The predicted molar refractivity (Wildman–Crippen MR) is 80.0 cm³/mol. The summed E-state index contributed by atoms with van der Waals surface area (Å²) in [6.45, 7) is -0.0151. The van der Waals surface area contributed by atoms with Crippen LogP contribution in [0.4, 0.5) is 13.2 Å². The fraction of sp³-hybridized carbons (Fsp3) is 0.133. The number of nitrogens with zero attached hydrogens (tertiary/aromatic N) is 3. The van der Waals surface area contributed by atoms with E-state index in [1.807, 2.05) is 0 Å². The molecule has 0 atom stereocenters. The topological polar surface area (TPSA) is 68.0 Å². The molecule has 0 aliphatic carbocycles. The number of aromatic carboxylic acids is 1. The van der Waals surface area contributed by atoms with Crippen molar-refractivity contribution in [3.63, 3.8) is 0 Å². The van der Waals surface area contributed by atoms with Gasteiger partial charge >= 0.3 is 12.1 Å². The van der Waals surface area contributed by atoms with Crippen LogP contribution in [0.25, 0.3) is 10.9 Å². The molecule has 124 valence electrons. The molecule has 1 aromatic carbocycles. The van der Waals surface area contributed by atoms with Crippen LogP contribution in [0.15, 0.2) is 36.7 Å². The minimum Gasteiger partial charge on any atom is -0.478 e. The van der Waals surface area contributed by atoms with Gasteiger partial charge in [0.15, 0.2) is 5.69 Å². The van der Waals surface area contributed by atoms with Gasteiger partial charge in [-0.3, -0.25) is 9.67 Å². The molecule has 24 heavy (non-hydrogen) atoms. The smallest absolute Gasteiger partial charge is 0.436 e. The van der Waals surface area contributed by atoms with E-state index in [-0.39, 0.29) is 6.54 Å². The Morgan fingerprint density at radius 3 is 2.67 bits per heavy atom. The highest BCUT2D eigenvalue weighted by Crippen LogP contribution is 2.31. The summed E-state index contributed by atoms with van der Waals surface area (Å²) in [5.74, 6) is -1.68. The predicted octanol–water partition coefficient (Wildman–Crippen LogP) is 3.85. The monoisotopic (exact) mass is 355 g/mol. The second-order valence-corrected chi connectivity index (χ2v) is 5.51. The molecule has 0 fully saturated rings. The number of carboxylic acids is 1. The summed E-state index contributed by atoms with van der Waals surface area (Å²) in [6, 6.07) is 6.77. The number of hydrogen-bond donors (Lipinski definition) is 1. The minimum atomic E-state index is -4.83. The third-order valence-electron chi connectivity index (χ3n) is 3.32. The third-order valence-corrected chi connectivity index (χ3v) is 3.52. The maximum absolute atomic E-state index is 12.9. The van der Waals surface area contributed by atoms with Crippen LogP contribution < -0.4 is 0 Å². The Bertz CT molecular complexity index is 937. The number of carboxylic acid groups (broad SMARTS) is 1. The van der Waals surface area contributed by atoms with Gasteiger partial charge in [-0.1, -0.05) is 17.7 Å². The number of fused-ring (bicyclic) bond motifs is 1. The first-order valence-electron chi connectivity index (χ1n) is 6.66. The number of benzene rings is 1. The van der Waals surface area contributed by atoms with Crippen molar-refractivity contribution in [2.75, 3.05) is 0 Å². The molecule has 0 radical (unpaired) electrons. The van der Waals surface area contributed by atoms with Crippen LogP contribution >= 0.6 is 11.6 Å². The number of carbonyl (C=O) groups is 1. The zero-order valence-corrected chi connectivity index (χ0v) is 12.6. The highest BCUT2D eigenvalue weighted by Gasteiger charge is 2.39. The standard InChI is InChI=1S/C15H9ClF3N3O2/c16-10-4-9-3-8(1-2-12(9)20-5-10)6-22-7-11(14(23)24)13(21-22)15(17,18)19/h1-5,7H,6H2,(H,23,24). The van der Waals surface area contributed by atoms with Crippen molar-refractivity contribution in [3.05, 3.63) is 58.5 Å². The minimum absolute atomic E-state index is 0.0151. The Morgan fingerprint density at radius 1 is 1.29 bits per heavy atom. The SMILES string of the molecule is O=C(O)c1cn(Cc2ccc3ncc(Cl)cc3c2)nc1C(F)(F)F. The summed E-state index contributed by atoms with van der Waals surface area (Å²) in [6.07, 6.45) is -2.48. The summed E-state index contributed by atoms with van der Waals surface area (Å²) in [5.41, 5.74) is -0.973. The molecule has 2 aromatic heterocycles. The van der Waals surface area contributed by atoms with Crippen LogP contribution in [0.1, 0.15) is 21.6 Å². The van der Waals surface area contributed by atoms with Gasteiger partial charge in [0.1, 0.15) is 5.56 Å². The number of pyridine rings is 1. The van der Waals surface area contributed by atoms with E-state index >= 15 is 0 Å². The Hall–Kier alpha value is -2.61. The zero-order valence-electron chi connectivity index (χ0n) is 11.9. The van der Waals surface area contributed by atoms with Crippen molar-refractivity contribution in [1.29, 1.82) is 0 Å². The summed E-state index contributed by atoms with van der Waals surface area (Å²) < 4.78 is 39.5. The van der Waals surface area contributed by atoms with Gasteiger partial charge in [0.2, 0.25) is 0 Å². The molecule has 2 heterocycles. The lowest BCUT2D eigenvalue weighted by atomic mass is 10.1. The van der Waals surface area contributed by atoms with Crippen molar-refractivity contribution in [3.8, 4) is 0 Å². The van der Waals surface area contributed by atoms with Gasteiger partial charge in [0.25, 0.3) is 0 Å². The lowest BCUT2D eigenvalue weighted by Gasteiger charge is -2.05. The van der Waals surface area contributed by atoms with Crippen molar-refractivity contribution in [2.24, 2.45) is 0 Å². The van der Waals surface area contributed by atoms with E-state index in [0.717, 1.165) is 16.3 Å². The van der Waals surface area contributed by atoms with Gasteiger partial charge in [-0.05, 0) is 23.8 Å². The van der Waals surface area contributed by atoms with Crippen molar-refractivity contribution in [1.82, 2.24) is 14.8 Å². The molecule has 0 spiro atoms. The fourth-order valence-electron chi connectivity index (χ4n) is 2.31. The molecule has 0 amide bonds. The second-order valence-electron chi connectivity index (χ2n) is 5.07. The normalized spacial score (nSPS) is 11.8. The summed E-state index contributed by atoms with van der Waals surface area (Å²) in [4.78, 5) is 15.1. The second kappa shape index (κ2) is 5.79. The van der Waals surface area contributed by atoms with Crippen LogP contribution in [0.2, 0.25) is 5.02 Å². The van der Waals surface area contributed by atoms with Crippen molar-refractivity contribution >= 4 is 28.5 Å². The van der Waals surface area contributed by atoms with E-state index in [9.17, 15) is 18.0 Å². The van der Waals surface area contributed by atoms with E-state index in [1.165, 1.54) is 6.20 Å². The number of halogens is 4. The molecule has 3 rings (SSSR count).